The zero-order chi connectivity index (χ0) is 14.8. The summed E-state index contributed by atoms with van der Waals surface area (Å²) in [7, 11) is 5.55. The fourth-order valence-corrected chi connectivity index (χ4v) is 1.57. The molecule has 0 rings (SSSR count). The fourth-order valence-electron chi connectivity index (χ4n) is 1.57. The van der Waals surface area contributed by atoms with Crippen LogP contribution >= 0.6 is 0 Å². The maximum Gasteiger partial charge on any atom is 0.107 e. The van der Waals surface area contributed by atoms with Gasteiger partial charge < -0.3 is 14.2 Å². The van der Waals surface area contributed by atoms with Crippen LogP contribution in [-0.2, 0) is 14.2 Å². The highest BCUT2D eigenvalue weighted by Crippen LogP contribution is 2.20. The Bertz CT molecular complexity index is 269. The average Bonchev–Trinajstić information content (AvgIpc) is 2.27. The van der Waals surface area contributed by atoms with Crippen LogP contribution in [-0.4, -0.2) is 45.5 Å². The molecule has 0 unspecified atom stereocenters. The summed E-state index contributed by atoms with van der Waals surface area (Å²) in [5, 5.41) is 0. The minimum atomic E-state index is -0.224. The van der Waals surface area contributed by atoms with E-state index in [4.69, 9.17) is 28.5 Å². The smallest absolute Gasteiger partial charge is 0.107 e. The van der Waals surface area contributed by atoms with E-state index >= 15 is 0 Å². The summed E-state index contributed by atoms with van der Waals surface area (Å²) in [6.07, 6.45) is 7.41. The van der Waals surface area contributed by atoms with Gasteiger partial charge >= 0.3 is 0 Å². The first-order valence-electron chi connectivity index (χ1n) is 6.82. The van der Waals surface area contributed by atoms with Crippen molar-refractivity contribution in [3.63, 3.8) is 0 Å². The van der Waals surface area contributed by atoms with Crippen molar-refractivity contribution in [1.29, 1.82) is 0 Å². The molecule has 3 nitrogen and oxygen atoms in total. The third-order valence-corrected chi connectivity index (χ3v) is 2.85. The summed E-state index contributed by atoms with van der Waals surface area (Å²) in [4.78, 5) is 0. The van der Waals surface area contributed by atoms with Gasteiger partial charge in [0.2, 0.25) is 0 Å². The summed E-state index contributed by atoms with van der Waals surface area (Å²) in [5.41, 5.74) is -0.390. The zero-order valence-corrected chi connectivity index (χ0v) is 12.8. The van der Waals surface area contributed by atoms with Crippen molar-refractivity contribution in [2.75, 3.05) is 26.4 Å². The number of hydrogen-bond donors (Lipinski definition) is 0. The van der Waals surface area contributed by atoms with E-state index < -0.39 is 0 Å². The van der Waals surface area contributed by atoms with E-state index in [-0.39, 0.29) is 11.2 Å². The van der Waals surface area contributed by atoms with Gasteiger partial charge in [0, 0.05) is 0 Å². The highest BCUT2D eigenvalue weighted by atomic mass is 16.5. The second kappa shape index (κ2) is 9.42. The first-order valence-corrected chi connectivity index (χ1v) is 6.82. The van der Waals surface area contributed by atoms with Gasteiger partial charge in [0.1, 0.15) is 6.61 Å². The van der Waals surface area contributed by atoms with Crippen LogP contribution in [0.25, 0.3) is 0 Å². The molecule has 0 aromatic rings. The monoisotopic (exact) mass is 266 g/mol. The maximum absolute atomic E-state index is 5.83. The lowest BCUT2D eigenvalue weighted by Gasteiger charge is -2.29. The molecule has 0 aliphatic heterocycles. The van der Waals surface area contributed by atoms with E-state index in [0.717, 1.165) is 12.8 Å². The second-order valence-electron chi connectivity index (χ2n) is 5.76. The Labute approximate surface area is 119 Å². The van der Waals surface area contributed by atoms with Crippen LogP contribution in [0.4, 0.5) is 0 Å². The highest BCUT2D eigenvalue weighted by molar-refractivity contribution is 6.08. The minimum absolute atomic E-state index is 0.166. The average molecular weight is 266 g/mol. The molecule has 0 aromatic carbocycles. The lowest BCUT2D eigenvalue weighted by Crippen LogP contribution is -2.31. The summed E-state index contributed by atoms with van der Waals surface area (Å²) < 4.78 is 16.7. The van der Waals surface area contributed by atoms with Crippen molar-refractivity contribution in [2.45, 2.75) is 58.1 Å². The second-order valence-corrected chi connectivity index (χ2v) is 5.76. The molecule has 108 valence electrons. The fraction of sp³-hybridized carbons (Fsp3) is 0.867. The molecule has 0 bridgehead atoms. The Kier molecular flexibility index (Phi) is 9.17. The third kappa shape index (κ3) is 11.1. The van der Waals surface area contributed by atoms with Gasteiger partial charge in [-0.2, -0.15) is 0 Å². The largest absolute Gasteiger partial charge is 0.375 e. The zero-order valence-electron chi connectivity index (χ0n) is 12.8. The quantitative estimate of drug-likeness (QED) is 0.327. The number of hydrogen-bond acceptors (Lipinski definition) is 3. The van der Waals surface area contributed by atoms with Crippen molar-refractivity contribution < 1.29 is 14.2 Å². The van der Waals surface area contributed by atoms with E-state index in [9.17, 15) is 0 Å². The van der Waals surface area contributed by atoms with Crippen molar-refractivity contribution in [3.05, 3.63) is 0 Å². The molecule has 0 atom stereocenters. The number of terminal acetylenes is 1. The molecule has 19 heavy (non-hydrogen) atoms. The molecular weight excluding hydrogens is 239 g/mol. The molecule has 0 aromatic heterocycles. The van der Waals surface area contributed by atoms with E-state index in [1.165, 1.54) is 0 Å². The van der Waals surface area contributed by atoms with Crippen LogP contribution in [0.2, 0.25) is 6.32 Å². The summed E-state index contributed by atoms with van der Waals surface area (Å²) in [6, 6.07) is 0. The van der Waals surface area contributed by atoms with Gasteiger partial charge in [0.15, 0.2) is 0 Å². The molecule has 0 aliphatic carbocycles. The van der Waals surface area contributed by atoms with E-state index in [2.05, 4.69) is 19.8 Å². The summed E-state index contributed by atoms with van der Waals surface area (Å²) in [5.74, 6) is 2.42. The summed E-state index contributed by atoms with van der Waals surface area (Å²) >= 11 is 0. The molecule has 4 heteroatoms. The van der Waals surface area contributed by atoms with Crippen LogP contribution < -0.4 is 0 Å². The molecule has 0 aliphatic rings. The first kappa shape index (κ1) is 18.5. The summed E-state index contributed by atoms with van der Waals surface area (Å²) in [6.45, 7) is 10.3. The van der Waals surface area contributed by atoms with Crippen LogP contribution in [0, 0.1) is 12.3 Å². The van der Waals surface area contributed by atoms with Crippen molar-refractivity contribution in [2.24, 2.45) is 0 Å². The van der Waals surface area contributed by atoms with Gasteiger partial charge in [-0.3, -0.25) is 0 Å². The molecule has 0 spiro atoms. The Balaban J connectivity index is 3.75. The van der Waals surface area contributed by atoms with Gasteiger partial charge in [-0.05, 0) is 40.5 Å². The lowest BCUT2D eigenvalue weighted by molar-refractivity contribution is -0.0822. The lowest BCUT2D eigenvalue weighted by atomic mass is 9.92. The van der Waals surface area contributed by atoms with Crippen LogP contribution in [0.15, 0.2) is 0 Å². The topological polar surface area (TPSA) is 27.7 Å². The Morgan fingerprint density at radius 2 is 1.53 bits per heavy atom. The van der Waals surface area contributed by atoms with Crippen LogP contribution in [0.5, 0.6) is 0 Å². The standard InChI is InChI=1S/C15H27BO3/c1-6-10-17-12-13-19-15(4,5)8-11-18-14(2,3)7-9-16/h1H,7-13H2,2-5H3. The highest BCUT2D eigenvalue weighted by Gasteiger charge is 2.21. The van der Waals surface area contributed by atoms with E-state index in [0.29, 0.717) is 32.7 Å². The molecule has 0 saturated heterocycles. The van der Waals surface area contributed by atoms with Gasteiger partial charge in [0.05, 0.1) is 38.9 Å². The first-order chi connectivity index (χ1) is 8.83. The predicted molar refractivity (Wildman–Crippen MR) is 79.5 cm³/mol. The number of ether oxygens (including phenoxy) is 3. The molecule has 0 saturated carbocycles. The number of rotatable bonds is 11. The van der Waals surface area contributed by atoms with Crippen molar-refractivity contribution in [3.8, 4) is 12.3 Å². The molecule has 0 N–H and O–H groups in total. The van der Waals surface area contributed by atoms with Crippen molar-refractivity contribution in [1.82, 2.24) is 0 Å². The van der Waals surface area contributed by atoms with Crippen molar-refractivity contribution >= 4 is 7.85 Å². The van der Waals surface area contributed by atoms with Gasteiger partial charge in [0.25, 0.3) is 0 Å². The van der Waals surface area contributed by atoms with E-state index in [1.807, 2.05) is 13.8 Å². The third-order valence-electron chi connectivity index (χ3n) is 2.85. The van der Waals surface area contributed by atoms with Gasteiger partial charge in [-0.25, -0.2) is 0 Å². The Hall–Kier alpha value is -0.495. The molecule has 2 radical (unpaired) electrons. The SMILES string of the molecule is [B]CCC(C)(C)OCCC(C)(C)OCCOCC#C. The normalized spacial score (nSPS) is 12.4. The van der Waals surface area contributed by atoms with Crippen LogP contribution in [0.1, 0.15) is 40.5 Å². The molecule has 0 fully saturated rings. The van der Waals surface area contributed by atoms with Crippen LogP contribution in [0.3, 0.4) is 0 Å². The Morgan fingerprint density at radius 3 is 2.11 bits per heavy atom. The van der Waals surface area contributed by atoms with E-state index in [1.54, 1.807) is 0 Å². The van der Waals surface area contributed by atoms with Gasteiger partial charge in [-0.1, -0.05) is 12.2 Å². The van der Waals surface area contributed by atoms with Gasteiger partial charge in [-0.15, -0.1) is 6.42 Å². The minimum Gasteiger partial charge on any atom is -0.375 e. The molecular formula is C15H27BO3. The molecule has 0 heterocycles. The maximum atomic E-state index is 5.83. The Morgan fingerprint density at radius 1 is 0.947 bits per heavy atom. The molecule has 0 amide bonds. The predicted octanol–water partition coefficient (Wildman–Crippen LogP) is 2.59.